The molecule has 0 spiro atoms. The normalized spacial score (nSPS) is 15.8. The van der Waals surface area contributed by atoms with Gasteiger partial charge in [-0.15, -0.1) is 59.4 Å². The molecule has 1 aromatic rings. The summed E-state index contributed by atoms with van der Waals surface area (Å²) in [6.45, 7) is 0. The summed E-state index contributed by atoms with van der Waals surface area (Å²) in [6, 6.07) is 9.65. The SMILES string of the molecule is Cl.[Hf].[c-]1cccc(C2=CC=CC2)c1C1=CC=CC1. The Morgan fingerprint density at radius 3 is 2.22 bits per heavy atom. The molecule has 0 fully saturated rings. The summed E-state index contributed by atoms with van der Waals surface area (Å²) in [5, 5.41) is 0. The average Bonchev–Trinajstić information content (AvgIpc) is 3.03. The van der Waals surface area contributed by atoms with E-state index >= 15 is 0 Å². The zero-order valence-electron chi connectivity index (χ0n) is 10.0. The molecule has 18 heavy (non-hydrogen) atoms. The molecule has 0 nitrogen and oxygen atoms in total. The van der Waals surface area contributed by atoms with Crippen LogP contribution in [0.3, 0.4) is 0 Å². The van der Waals surface area contributed by atoms with Crippen molar-refractivity contribution in [2.45, 2.75) is 12.8 Å². The fraction of sp³-hybridized carbons (Fsp3) is 0.125. The molecular formula is C16H14ClHf-. The molecule has 0 saturated carbocycles. The minimum atomic E-state index is 0. The van der Waals surface area contributed by atoms with E-state index in [0.717, 1.165) is 12.8 Å². The maximum Gasteiger partial charge on any atom is 0 e. The number of allylic oxidation sites excluding steroid dienone is 8. The summed E-state index contributed by atoms with van der Waals surface area (Å²) in [5.74, 6) is 0. The van der Waals surface area contributed by atoms with Crippen LogP contribution < -0.4 is 0 Å². The Hall–Kier alpha value is -0.660. The molecule has 0 unspecified atom stereocenters. The van der Waals surface area contributed by atoms with E-state index in [9.17, 15) is 0 Å². The first-order valence-electron chi connectivity index (χ1n) is 5.68. The van der Waals surface area contributed by atoms with E-state index in [1.165, 1.54) is 22.3 Å². The van der Waals surface area contributed by atoms with Crippen LogP contribution in [0.15, 0.2) is 54.7 Å². The van der Waals surface area contributed by atoms with Gasteiger partial charge in [-0.25, -0.2) is 0 Å². The van der Waals surface area contributed by atoms with Gasteiger partial charge in [0.25, 0.3) is 0 Å². The fourth-order valence-corrected chi connectivity index (χ4v) is 2.25. The van der Waals surface area contributed by atoms with Crippen molar-refractivity contribution in [2.24, 2.45) is 0 Å². The fourth-order valence-electron chi connectivity index (χ4n) is 2.25. The van der Waals surface area contributed by atoms with E-state index < -0.39 is 0 Å². The number of hydrogen-bond donors (Lipinski definition) is 0. The quantitative estimate of drug-likeness (QED) is 0.485. The maximum atomic E-state index is 3.38. The Bertz CT molecular complexity index is 487. The van der Waals surface area contributed by atoms with Gasteiger partial charge < -0.3 is 0 Å². The number of rotatable bonds is 2. The zero-order valence-corrected chi connectivity index (χ0v) is 14.4. The van der Waals surface area contributed by atoms with Gasteiger partial charge >= 0.3 is 0 Å². The summed E-state index contributed by atoms with van der Waals surface area (Å²) in [6.07, 6.45) is 15.1. The standard InChI is InChI=1S/C16H13.ClH.Hf/c1-2-8-13(7-1)15-11-5-6-12-16(15)14-9-3-4-10-14;;/h1-7,9,11H,8,10H2;1H;/q-1;;. The molecule has 0 radical (unpaired) electrons. The van der Waals surface area contributed by atoms with Crippen LogP contribution in [0, 0.1) is 6.07 Å². The van der Waals surface area contributed by atoms with Crippen molar-refractivity contribution in [1.82, 2.24) is 0 Å². The van der Waals surface area contributed by atoms with Gasteiger partial charge in [0.1, 0.15) is 0 Å². The number of halogens is 1. The summed E-state index contributed by atoms with van der Waals surface area (Å²) >= 11 is 0. The second kappa shape index (κ2) is 7.06. The third kappa shape index (κ3) is 3.02. The third-order valence-electron chi connectivity index (χ3n) is 3.07. The molecule has 2 aliphatic carbocycles. The summed E-state index contributed by atoms with van der Waals surface area (Å²) in [4.78, 5) is 0. The Labute approximate surface area is 133 Å². The second-order valence-electron chi connectivity index (χ2n) is 4.11. The molecule has 0 aromatic heterocycles. The predicted molar refractivity (Wildman–Crippen MR) is 76.0 cm³/mol. The maximum absolute atomic E-state index is 3.38. The van der Waals surface area contributed by atoms with Crippen molar-refractivity contribution in [3.05, 3.63) is 71.8 Å². The van der Waals surface area contributed by atoms with Crippen LogP contribution in [-0.2, 0) is 25.8 Å². The molecule has 0 N–H and O–H groups in total. The second-order valence-corrected chi connectivity index (χ2v) is 4.11. The molecule has 0 bridgehead atoms. The van der Waals surface area contributed by atoms with E-state index in [-0.39, 0.29) is 38.3 Å². The van der Waals surface area contributed by atoms with Crippen LogP contribution in [0.2, 0.25) is 0 Å². The van der Waals surface area contributed by atoms with Gasteiger partial charge in [-0.3, -0.25) is 0 Å². The van der Waals surface area contributed by atoms with Gasteiger partial charge in [0.15, 0.2) is 0 Å². The zero-order chi connectivity index (χ0) is 10.8. The van der Waals surface area contributed by atoms with Crippen LogP contribution in [0.5, 0.6) is 0 Å². The number of benzene rings is 1. The molecule has 0 atom stereocenters. The molecule has 0 amide bonds. The minimum absolute atomic E-state index is 0. The van der Waals surface area contributed by atoms with Gasteiger partial charge in [0.05, 0.1) is 0 Å². The summed E-state index contributed by atoms with van der Waals surface area (Å²) in [5.41, 5.74) is 5.38. The van der Waals surface area contributed by atoms with Gasteiger partial charge in [0.2, 0.25) is 0 Å². The summed E-state index contributed by atoms with van der Waals surface area (Å²) < 4.78 is 0. The van der Waals surface area contributed by atoms with Crippen molar-refractivity contribution in [1.29, 1.82) is 0 Å². The molecule has 2 aliphatic rings. The molecular weight excluding hydrogens is 406 g/mol. The Balaban J connectivity index is 0.000000810. The Morgan fingerprint density at radius 2 is 1.61 bits per heavy atom. The Morgan fingerprint density at radius 1 is 0.944 bits per heavy atom. The van der Waals surface area contributed by atoms with Gasteiger partial charge in [-0.05, 0) is 12.8 Å². The monoisotopic (exact) mass is 421 g/mol. The molecule has 90 valence electrons. The topological polar surface area (TPSA) is 0 Å². The molecule has 1 aromatic carbocycles. The van der Waals surface area contributed by atoms with E-state index in [0.29, 0.717) is 0 Å². The third-order valence-corrected chi connectivity index (χ3v) is 3.07. The van der Waals surface area contributed by atoms with Crippen molar-refractivity contribution in [3.8, 4) is 0 Å². The molecule has 2 heteroatoms. The summed E-state index contributed by atoms with van der Waals surface area (Å²) in [7, 11) is 0. The van der Waals surface area contributed by atoms with E-state index in [4.69, 9.17) is 0 Å². The van der Waals surface area contributed by atoms with Crippen molar-refractivity contribution in [3.63, 3.8) is 0 Å². The first-order valence-corrected chi connectivity index (χ1v) is 5.68. The van der Waals surface area contributed by atoms with Crippen molar-refractivity contribution in [2.75, 3.05) is 0 Å². The smallest absolute Gasteiger partial charge is 0 e. The van der Waals surface area contributed by atoms with Crippen LogP contribution >= 0.6 is 12.4 Å². The Kier molecular flexibility index (Phi) is 6.04. The van der Waals surface area contributed by atoms with Gasteiger partial charge in [-0.1, -0.05) is 36.0 Å². The van der Waals surface area contributed by atoms with Crippen LogP contribution in [0.4, 0.5) is 0 Å². The van der Waals surface area contributed by atoms with Crippen molar-refractivity contribution < 1.29 is 25.8 Å². The molecule has 0 aliphatic heterocycles. The first-order chi connectivity index (χ1) is 7.95. The minimum Gasteiger partial charge on any atom is -0.147 e. The average molecular weight is 420 g/mol. The van der Waals surface area contributed by atoms with E-state index in [2.05, 4.69) is 54.7 Å². The van der Waals surface area contributed by atoms with Gasteiger partial charge in [-0.2, -0.15) is 0 Å². The molecule has 0 heterocycles. The predicted octanol–water partition coefficient (Wildman–Crippen LogP) is 4.59. The van der Waals surface area contributed by atoms with Crippen LogP contribution in [0.25, 0.3) is 11.1 Å². The number of hydrogen-bond acceptors (Lipinski definition) is 0. The van der Waals surface area contributed by atoms with Gasteiger partial charge in [0, 0.05) is 25.8 Å². The van der Waals surface area contributed by atoms with E-state index in [1.807, 2.05) is 6.07 Å². The van der Waals surface area contributed by atoms with Crippen molar-refractivity contribution >= 4 is 23.6 Å². The molecule has 3 rings (SSSR count). The van der Waals surface area contributed by atoms with Crippen LogP contribution in [-0.4, -0.2) is 0 Å². The van der Waals surface area contributed by atoms with E-state index in [1.54, 1.807) is 0 Å². The molecule has 0 saturated heterocycles. The first kappa shape index (κ1) is 15.4. The van der Waals surface area contributed by atoms with Crippen LogP contribution in [0.1, 0.15) is 24.0 Å². The largest absolute Gasteiger partial charge is 0.147 e.